The number of phenolic OH excluding ortho intramolecular Hbond substituents is 1. The summed E-state index contributed by atoms with van der Waals surface area (Å²) in [5, 5.41) is 24.7. The predicted molar refractivity (Wildman–Crippen MR) is 145 cm³/mol. The number of nitrogens with zero attached hydrogens (tertiary/aromatic N) is 1. The second-order valence-electron chi connectivity index (χ2n) is 9.35. The number of methoxy groups -OCH3 is 1. The zero-order chi connectivity index (χ0) is 26.6. The van der Waals surface area contributed by atoms with Crippen molar-refractivity contribution in [1.29, 1.82) is 0 Å². The average Bonchev–Trinajstić information content (AvgIpc) is 3.28. The summed E-state index contributed by atoms with van der Waals surface area (Å²) in [6, 6.07) is 27.2. The third-order valence-corrected chi connectivity index (χ3v) is 7.00. The molecule has 38 heavy (non-hydrogen) atoms. The summed E-state index contributed by atoms with van der Waals surface area (Å²) in [4.78, 5) is 15.0. The fraction of sp³-hybridized carbons (Fsp3) is 0.194. The molecule has 0 radical (unpaired) electrons. The highest BCUT2D eigenvalue weighted by atomic mass is 19.1. The molecule has 0 saturated carbocycles. The van der Waals surface area contributed by atoms with Crippen LogP contribution in [0.15, 0.2) is 97.1 Å². The third kappa shape index (κ3) is 5.19. The molecule has 1 saturated heterocycles. The van der Waals surface area contributed by atoms with E-state index in [2.05, 4.69) is 5.32 Å². The first-order chi connectivity index (χ1) is 18.4. The molecule has 1 aliphatic heterocycles. The van der Waals surface area contributed by atoms with Crippen LogP contribution in [0.3, 0.4) is 0 Å². The van der Waals surface area contributed by atoms with E-state index in [4.69, 9.17) is 4.74 Å². The molecule has 7 heteroatoms. The zero-order valence-electron chi connectivity index (χ0n) is 20.9. The maximum atomic E-state index is 13.3. The fourth-order valence-electron chi connectivity index (χ4n) is 5.01. The van der Waals surface area contributed by atoms with Gasteiger partial charge in [-0.1, -0.05) is 54.6 Å². The highest BCUT2D eigenvalue weighted by molar-refractivity contribution is 5.96. The van der Waals surface area contributed by atoms with Gasteiger partial charge in [0.2, 0.25) is 0 Å². The van der Waals surface area contributed by atoms with Crippen LogP contribution in [-0.4, -0.2) is 29.4 Å². The van der Waals surface area contributed by atoms with Crippen molar-refractivity contribution in [1.82, 2.24) is 5.32 Å². The smallest absolute Gasteiger partial charge is 0.322 e. The van der Waals surface area contributed by atoms with Crippen molar-refractivity contribution >= 4 is 11.7 Å². The second-order valence-corrected chi connectivity index (χ2v) is 9.35. The molecule has 194 valence electrons. The van der Waals surface area contributed by atoms with Gasteiger partial charge in [0.1, 0.15) is 17.3 Å². The van der Waals surface area contributed by atoms with Gasteiger partial charge in [-0.3, -0.25) is 4.90 Å². The van der Waals surface area contributed by atoms with Crippen molar-refractivity contribution in [2.45, 2.75) is 31.0 Å². The maximum Gasteiger partial charge on any atom is 0.322 e. The average molecular weight is 513 g/mol. The van der Waals surface area contributed by atoms with Gasteiger partial charge in [0, 0.05) is 17.3 Å². The number of hydrogen-bond donors (Lipinski definition) is 3. The number of amides is 2. The Bertz CT molecular complexity index is 1390. The van der Waals surface area contributed by atoms with Crippen molar-refractivity contribution in [2.24, 2.45) is 0 Å². The molecule has 1 aliphatic rings. The van der Waals surface area contributed by atoms with Crippen molar-refractivity contribution in [3.05, 3.63) is 114 Å². The van der Waals surface area contributed by atoms with E-state index < -0.39 is 18.2 Å². The minimum Gasteiger partial charge on any atom is -0.507 e. The minimum atomic E-state index is -0.822. The lowest BCUT2D eigenvalue weighted by Crippen LogP contribution is -2.29. The lowest BCUT2D eigenvalue weighted by molar-refractivity contribution is 0.159. The molecule has 0 bridgehead atoms. The van der Waals surface area contributed by atoms with Crippen LogP contribution in [0.2, 0.25) is 0 Å². The topological polar surface area (TPSA) is 82.0 Å². The molecule has 6 nitrogen and oxygen atoms in total. The molecule has 1 heterocycles. The summed E-state index contributed by atoms with van der Waals surface area (Å²) < 4.78 is 18.6. The number of aromatic hydroxyl groups is 1. The van der Waals surface area contributed by atoms with Gasteiger partial charge in [-0.15, -0.1) is 0 Å². The summed E-state index contributed by atoms with van der Waals surface area (Å²) in [6.07, 6.45) is -0.0547. The summed E-state index contributed by atoms with van der Waals surface area (Å²) in [6.45, 7) is 0. The number of hydrogen-bond acceptors (Lipinski definition) is 4. The largest absolute Gasteiger partial charge is 0.507 e. The Labute approximate surface area is 220 Å². The standard InChI is InChI=1S/C31H29FN2O4/c1-38-25-15-16-26(29(36)19-25)30-27(17-18-28(35)22-7-11-23(32)12-8-22)33-31(37)34(30)24-13-9-21(10-14-24)20-5-3-2-4-6-20/h2-16,19,27-28,30,35-36H,17-18H2,1H3,(H,33,37)/t27-,28+,30-/m1/s1. The van der Waals surface area contributed by atoms with Gasteiger partial charge in [-0.25, -0.2) is 9.18 Å². The summed E-state index contributed by atoms with van der Waals surface area (Å²) >= 11 is 0. The van der Waals surface area contributed by atoms with Crippen LogP contribution < -0.4 is 15.0 Å². The van der Waals surface area contributed by atoms with E-state index in [-0.39, 0.29) is 17.6 Å². The summed E-state index contributed by atoms with van der Waals surface area (Å²) in [7, 11) is 1.52. The van der Waals surface area contributed by atoms with Gasteiger partial charge in [0.15, 0.2) is 0 Å². The third-order valence-electron chi connectivity index (χ3n) is 7.00. The number of ether oxygens (including phenoxy) is 1. The molecule has 0 spiro atoms. The number of carbonyl (C=O) groups excluding carboxylic acids is 1. The van der Waals surface area contributed by atoms with Gasteiger partial charge in [0.05, 0.1) is 25.3 Å². The highest BCUT2D eigenvalue weighted by Gasteiger charge is 2.42. The lowest BCUT2D eigenvalue weighted by atomic mass is 9.92. The number of aliphatic hydroxyl groups excluding tert-OH is 1. The molecule has 0 aromatic heterocycles. The van der Waals surface area contributed by atoms with E-state index in [0.29, 0.717) is 35.4 Å². The number of benzene rings is 4. The van der Waals surface area contributed by atoms with Crippen molar-refractivity contribution in [3.8, 4) is 22.6 Å². The van der Waals surface area contributed by atoms with E-state index in [1.54, 1.807) is 29.2 Å². The van der Waals surface area contributed by atoms with Crippen LogP contribution in [-0.2, 0) is 0 Å². The normalized spacial score (nSPS) is 17.8. The molecule has 2 amide bonds. The molecular formula is C31H29FN2O4. The number of phenols is 1. The minimum absolute atomic E-state index is 0.0147. The van der Waals surface area contributed by atoms with Gasteiger partial charge < -0.3 is 20.3 Å². The van der Waals surface area contributed by atoms with E-state index in [1.165, 1.54) is 25.3 Å². The molecule has 1 fully saturated rings. The number of rotatable bonds is 8. The van der Waals surface area contributed by atoms with Crippen molar-refractivity contribution in [3.63, 3.8) is 0 Å². The summed E-state index contributed by atoms with van der Waals surface area (Å²) in [5.74, 6) is 0.152. The van der Waals surface area contributed by atoms with Crippen LogP contribution in [0.5, 0.6) is 11.5 Å². The van der Waals surface area contributed by atoms with E-state index in [1.807, 2.05) is 54.6 Å². The van der Waals surface area contributed by atoms with Crippen LogP contribution >= 0.6 is 0 Å². The first-order valence-electron chi connectivity index (χ1n) is 12.5. The molecule has 0 unspecified atom stereocenters. The van der Waals surface area contributed by atoms with Crippen LogP contribution in [0, 0.1) is 5.82 Å². The number of aliphatic hydroxyl groups is 1. The van der Waals surface area contributed by atoms with Crippen LogP contribution in [0.4, 0.5) is 14.9 Å². The number of anilines is 1. The zero-order valence-corrected chi connectivity index (χ0v) is 20.9. The second kappa shape index (κ2) is 10.9. The van der Waals surface area contributed by atoms with Crippen LogP contribution in [0.1, 0.15) is 36.1 Å². The number of halogens is 1. The summed E-state index contributed by atoms with van der Waals surface area (Å²) in [5.41, 5.74) is 3.95. The molecule has 3 atom stereocenters. The van der Waals surface area contributed by atoms with Crippen molar-refractivity contribution in [2.75, 3.05) is 12.0 Å². The molecule has 5 rings (SSSR count). The number of carbonyl (C=O) groups is 1. The first kappa shape index (κ1) is 25.3. The lowest BCUT2D eigenvalue weighted by Gasteiger charge is -2.28. The SMILES string of the molecule is COc1ccc([C@@H]2[C@@H](CC[C@H](O)c3ccc(F)cc3)NC(=O)N2c2ccc(-c3ccccc3)cc2)c(O)c1. The predicted octanol–water partition coefficient (Wildman–Crippen LogP) is 6.36. The van der Waals surface area contributed by atoms with Crippen LogP contribution in [0.25, 0.3) is 11.1 Å². The highest BCUT2D eigenvalue weighted by Crippen LogP contribution is 2.41. The molecule has 4 aromatic carbocycles. The quantitative estimate of drug-likeness (QED) is 0.257. The molecule has 3 N–H and O–H groups in total. The van der Waals surface area contributed by atoms with Gasteiger partial charge in [-0.05, 0) is 65.9 Å². The Morgan fingerprint density at radius 3 is 2.29 bits per heavy atom. The Balaban J connectivity index is 1.45. The molecule has 4 aromatic rings. The van der Waals surface area contributed by atoms with E-state index in [9.17, 15) is 19.4 Å². The molecular weight excluding hydrogens is 483 g/mol. The fourth-order valence-corrected chi connectivity index (χ4v) is 5.01. The number of urea groups is 1. The van der Waals surface area contributed by atoms with E-state index in [0.717, 1.165) is 11.1 Å². The van der Waals surface area contributed by atoms with E-state index >= 15 is 0 Å². The Hall–Kier alpha value is -4.36. The van der Waals surface area contributed by atoms with Gasteiger partial charge >= 0.3 is 6.03 Å². The first-order valence-corrected chi connectivity index (χ1v) is 12.5. The Morgan fingerprint density at radius 2 is 1.63 bits per heavy atom. The maximum absolute atomic E-state index is 13.3. The Kier molecular flexibility index (Phi) is 7.29. The molecule has 0 aliphatic carbocycles. The van der Waals surface area contributed by atoms with Crippen molar-refractivity contribution < 1.29 is 24.1 Å². The Morgan fingerprint density at radius 1 is 0.947 bits per heavy atom. The van der Waals surface area contributed by atoms with Gasteiger partial charge in [0.25, 0.3) is 0 Å². The monoisotopic (exact) mass is 512 g/mol. The van der Waals surface area contributed by atoms with Gasteiger partial charge in [-0.2, -0.15) is 0 Å². The number of nitrogens with one attached hydrogen (secondary N) is 1.